The monoisotopic (exact) mass is 544 g/mol. The molecule has 2 unspecified atom stereocenters. The van der Waals surface area contributed by atoms with Crippen LogP contribution in [0.4, 0.5) is 0 Å². The van der Waals surface area contributed by atoms with Crippen LogP contribution in [0.5, 0.6) is 5.75 Å². The lowest BCUT2D eigenvalue weighted by molar-refractivity contribution is -0.124. The van der Waals surface area contributed by atoms with E-state index in [0.717, 1.165) is 32.2 Å². The number of sulfonamides is 1. The fourth-order valence-corrected chi connectivity index (χ4v) is 6.09. The van der Waals surface area contributed by atoms with Crippen molar-refractivity contribution >= 4 is 27.0 Å². The number of benzene rings is 1. The van der Waals surface area contributed by atoms with Crippen LogP contribution in [0, 0.1) is 5.92 Å². The Bertz CT molecular complexity index is 1500. The number of aromatic amines is 1. The molecule has 206 valence electrons. The Morgan fingerprint density at radius 3 is 2.68 bits per heavy atom. The number of nitrogens with zero attached hydrogens (tertiary/aromatic N) is 4. The highest BCUT2D eigenvalue weighted by atomic mass is 32.2. The summed E-state index contributed by atoms with van der Waals surface area (Å²) in [5.41, 5.74) is 1.42. The Morgan fingerprint density at radius 2 is 2.03 bits per heavy atom. The Hall–Kier alpha value is -3.25. The molecule has 1 fully saturated rings. The van der Waals surface area contributed by atoms with Gasteiger partial charge in [0.1, 0.15) is 17.1 Å². The van der Waals surface area contributed by atoms with Gasteiger partial charge in [0.05, 0.1) is 28.7 Å². The molecule has 1 aromatic carbocycles. The second-order valence-electron chi connectivity index (χ2n) is 9.89. The van der Waals surface area contributed by atoms with Crippen LogP contribution in [0.2, 0.25) is 0 Å². The lowest BCUT2D eigenvalue weighted by Crippen LogP contribution is -2.43. The molecular weight excluding hydrogens is 508 g/mol. The second-order valence-corrected chi connectivity index (χ2v) is 11.6. The third-order valence-corrected chi connectivity index (χ3v) is 8.37. The zero-order valence-electron chi connectivity index (χ0n) is 22.6. The first kappa shape index (κ1) is 27.8. The molecule has 0 saturated carbocycles. The number of H-pyrrole nitrogens is 1. The molecule has 0 bridgehead atoms. The largest absolute Gasteiger partial charge is 0.493 e. The van der Waals surface area contributed by atoms with Gasteiger partial charge in [-0.1, -0.05) is 27.2 Å². The lowest BCUT2D eigenvalue weighted by atomic mass is 9.99. The molecule has 12 heteroatoms. The number of hydrogen-bond acceptors (Lipinski definition) is 8. The predicted octanol–water partition coefficient (Wildman–Crippen LogP) is 2.60. The van der Waals surface area contributed by atoms with Crippen molar-refractivity contribution < 1.29 is 17.9 Å². The van der Waals surface area contributed by atoms with E-state index in [4.69, 9.17) is 4.74 Å². The van der Waals surface area contributed by atoms with Gasteiger partial charge in [-0.3, -0.25) is 14.3 Å². The number of hydrogen-bond donors (Lipinski definition) is 2. The summed E-state index contributed by atoms with van der Waals surface area (Å²) in [6, 6.07) is 4.29. The SMILES string of the molecule is CCCOc1ccc(S(=O)(=O)NC(=O)C(C)C2CCCN2C)cc1-c1nc2c(CCC)nn(C)c2c(=O)[nH]1. The van der Waals surface area contributed by atoms with Crippen molar-refractivity contribution in [3.8, 4) is 17.1 Å². The number of nitrogens with one attached hydrogen (secondary N) is 2. The maximum Gasteiger partial charge on any atom is 0.277 e. The van der Waals surface area contributed by atoms with E-state index in [9.17, 15) is 18.0 Å². The fourth-order valence-electron chi connectivity index (χ4n) is 5.01. The molecule has 1 saturated heterocycles. The Kier molecular flexibility index (Phi) is 8.22. The molecule has 38 heavy (non-hydrogen) atoms. The summed E-state index contributed by atoms with van der Waals surface area (Å²) in [4.78, 5) is 35.3. The quantitative estimate of drug-likeness (QED) is 0.397. The van der Waals surface area contributed by atoms with E-state index in [1.54, 1.807) is 14.0 Å². The fraction of sp³-hybridized carbons (Fsp3) is 0.538. The van der Waals surface area contributed by atoms with Gasteiger partial charge in [0.25, 0.3) is 15.6 Å². The van der Waals surface area contributed by atoms with Gasteiger partial charge in [-0.25, -0.2) is 18.1 Å². The van der Waals surface area contributed by atoms with E-state index >= 15 is 0 Å². The van der Waals surface area contributed by atoms with Gasteiger partial charge in [0, 0.05) is 13.1 Å². The minimum absolute atomic E-state index is 0.0108. The van der Waals surface area contributed by atoms with Gasteiger partial charge in [-0.05, 0) is 57.5 Å². The Balaban J connectivity index is 1.75. The van der Waals surface area contributed by atoms with E-state index in [0.29, 0.717) is 41.1 Å². The first-order chi connectivity index (χ1) is 18.1. The molecule has 0 aliphatic carbocycles. The van der Waals surface area contributed by atoms with E-state index in [-0.39, 0.29) is 22.3 Å². The van der Waals surface area contributed by atoms with Gasteiger partial charge in [-0.2, -0.15) is 5.10 Å². The summed E-state index contributed by atoms with van der Waals surface area (Å²) in [7, 11) is -0.565. The molecule has 2 N–H and O–H groups in total. The number of amides is 1. The number of carbonyl (C=O) groups is 1. The Morgan fingerprint density at radius 1 is 1.26 bits per heavy atom. The van der Waals surface area contributed by atoms with Crippen LogP contribution in [-0.4, -0.2) is 65.2 Å². The zero-order valence-corrected chi connectivity index (χ0v) is 23.4. The lowest BCUT2D eigenvalue weighted by Gasteiger charge is -2.25. The molecule has 1 amide bonds. The van der Waals surface area contributed by atoms with Crippen LogP contribution >= 0.6 is 0 Å². The van der Waals surface area contributed by atoms with Gasteiger partial charge in [0.2, 0.25) is 5.91 Å². The van der Waals surface area contributed by atoms with E-state index in [1.165, 1.54) is 22.9 Å². The molecule has 2 aromatic heterocycles. The smallest absolute Gasteiger partial charge is 0.277 e. The molecule has 0 spiro atoms. The summed E-state index contributed by atoms with van der Waals surface area (Å²) in [6.07, 6.45) is 4.01. The number of likely N-dealkylation sites (tertiary alicyclic amines) is 1. The average molecular weight is 545 g/mol. The maximum atomic E-state index is 13.3. The minimum Gasteiger partial charge on any atom is -0.493 e. The van der Waals surface area contributed by atoms with Crippen LogP contribution in [0.15, 0.2) is 27.9 Å². The van der Waals surface area contributed by atoms with Crippen molar-refractivity contribution in [3.63, 3.8) is 0 Å². The minimum atomic E-state index is -4.19. The summed E-state index contributed by atoms with van der Waals surface area (Å²) < 4.78 is 36.2. The van der Waals surface area contributed by atoms with E-state index in [1.807, 2.05) is 20.9 Å². The van der Waals surface area contributed by atoms with Gasteiger partial charge < -0.3 is 14.6 Å². The molecule has 1 aliphatic heterocycles. The zero-order chi connectivity index (χ0) is 27.6. The number of fused-ring (bicyclic) bond motifs is 1. The van der Waals surface area contributed by atoms with Crippen LogP contribution < -0.4 is 15.0 Å². The molecule has 3 aromatic rings. The van der Waals surface area contributed by atoms with Crippen molar-refractivity contribution in [1.82, 2.24) is 29.4 Å². The number of rotatable bonds is 10. The van der Waals surface area contributed by atoms with Crippen molar-refractivity contribution in [2.45, 2.75) is 63.8 Å². The summed E-state index contributed by atoms with van der Waals surface area (Å²) in [5.74, 6) is -0.499. The highest BCUT2D eigenvalue weighted by Gasteiger charge is 2.33. The second kappa shape index (κ2) is 11.2. The number of aryl methyl sites for hydroxylation is 2. The molecular formula is C26H36N6O5S. The molecule has 2 atom stereocenters. The van der Waals surface area contributed by atoms with Crippen LogP contribution in [-0.2, 0) is 28.3 Å². The standard InChI is InChI=1S/C26H36N6O5S/c1-6-9-19-22-23(32(5)29-19)26(34)28-24(27-22)18-15-17(11-12-21(18)37-14-7-2)38(35,36)30-25(33)16(3)20-10-8-13-31(20)4/h11-12,15-16,20H,6-10,13-14H2,1-5H3,(H,30,33)(H,27,28,34). The van der Waals surface area contributed by atoms with E-state index < -0.39 is 21.8 Å². The highest BCUT2D eigenvalue weighted by Crippen LogP contribution is 2.31. The average Bonchev–Trinajstić information content (AvgIpc) is 3.44. The molecule has 11 nitrogen and oxygen atoms in total. The topological polar surface area (TPSA) is 139 Å². The first-order valence-corrected chi connectivity index (χ1v) is 14.6. The molecule has 3 heterocycles. The van der Waals surface area contributed by atoms with Gasteiger partial charge in [0.15, 0.2) is 5.52 Å². The molecule has 0 radical (unpaired) electrons. The molecule has 4 rings (SSSR count). The summed E-state index contributed by atoms with van der Waals surface area (Å²) in [6.45, 7) is 6.98. The normalized spacial score (nSPS) is 17.1. The maximum absolute atomic E-state index is 13.3. The highest BCUT2D eigenvalue weighted by molar-refractivity contribution is 7.90. The third kappa shape index (κ3) is 5.46. The van der Waals surface area contributed by atoms with Crippen LogP contribution in [0.3, 0.4) is 0 Å². The van der Waals surface area contributed by atoms with Gasteiger partial charge in [-0.15, -0.1) is 0 Å². The van der Waals surface area contributed by atoms with Crippen molar-refractivity contribution in [2.75, 3.05) is 20.2 Å². The molecule has 1 aliphatic rings. The summed E-state index contributed by atoms with van der Waals surface area (Å²) in [5, 5.41) is 4.45. The van der Waals surface area contributed by atoms with E-state index in [2.05, 4.69) is 24.7 Å². The van der Waals surface area contributed by atoms with Crippen LogP contribution in [0.25, 0.3) is 22.4 Å². The predicted molar refractivity (Wildman–Crippen MR) is 144 cm³/mol. The van der Waals surface area contributed by atoms with Gasteiger partial charge >= 0.3 is 0 Å². The number of ether oxygens (including phenoxy) is 1. The summed E-state index contributed by atoms with van der Waals surface area (Å²) >= 11 is 0. The van der Waals surface area contributed by atoms with Crippen molar-refractivity contribution in [2.24, 2.45) is 13.0 Å². The van der Waals surface area contributed by atoms with Crippen molar-refractivity contribution in [3.05, 3.63) is 34.2 Å². The first-order valence-electron chi connectivity index (χ1n) is 13.1. The Labute approximate surface area is 222 Å². The third-order valence-electron chi connectivity index (χ3n) is 7.03. The van der Waals surface area contributed by atoms with Crippen molar-refractivity contribution in [1.29, 1.82) is 0 Å². The van der Waals surface area contributed by atoms with Crippen LogP contribution in [0.1, 0.15) is 52.1 Å². The number of carbonyl (C=O) groups excluding carboxylic acids is 1. The number of aromatic nitrogens is 4.